The summed E-state index contributed by atoms with van der Waals surface area (Å²) in [5, 5.41) is 17.3. The number of carbonyl (C=O) groups excluding carboxylic acids is 2. The maximum absolute atomic E-state index is 11.4. The Bertz CT molecular complexity index is 877. The van der Waals surface area contributed by atoms with E-state index in [4.69, 9.17) is 19.7 Å². The van der Waals surface area contributed by atoms with Gasteiger partial charge in [0.1, 0.15) is 13.2 Å². The lowest BCUT2D eigenvalue weighted by atomic mass is 10.2. The molecule has 0 amide bonds. The van der Waals surface area contributed by atoms with Crippen LogP contribution in [0, 0.1) is 23.7 Å². The molecule has 0 spiro atoms. The number of carboxylic acid groups (broad SMARTS) is 2. The smallest absolute Gasteiger partial charge is 0.310 e. The number of carboxylic acids is 2. The van der Waals surface area contributed by atoms with E-state index >= 15 is 0 Å². The number of ether oxygens (including phenoxy) is 2. The third kappa shape index (κ3) is 6.66. The third-order valence-corrected chi connectivity index (χ3v) is 5.27. The fourth-order valence-corrected chi connectivity index (χ4v) is 3.13. The van der Waals surface area contributed by atoms with E-state index in [2.05, 4.69) is 0 Å². The van der Waals surface area contributed by atoms with Crippen molar-refractivity contribution in [2.45, 2.75) is 26.1 Å². The van der Waals surface area contributed by atoms with Crippen LogP contribution in [0.3, 0.4) is 0 Å². The van der Waals surface area contributed by atoms with Crippen LogP contribution < -0.4 is 0 Å². The molecule has 0 saturated heterocycles. The molecule has 0 unspecified atom stereocenters. The summed E-state index contributed by atoms with van der Waals surface area (Å²) < 4.78 is 10.1. The summed E-state index contributed by atoms with van der Waals surface area (Å²) in [6, 6.07) is 18.6. The molecule has 0 heterocycles. The van der Waals surface area contributed by atoms with Gasteiger partial charge < -0.3 is 19.7 Å². The Morgan fingerprint density at radius 1 is 0.625 bits per heavy atom. The number of carbonyl (C=O) groups is 4. The summed E-state index contributed by atoms with van der Waals surface area (Å²) in [5.41, 5.74) is 1.81. The van der Waals surface area contributed by atoms with Gasteiger partial charge in [0.25, 0.3) is 0 Å². The Kier molecular flexibility index (Phi) is 7.59. The summed E-state index contributed by atoms with van der Waals surface area (Å²) in [5.74, 6) is -4.61. The van der Waals surface area contributed by atoms with Crippen molar-refractivity contribution in [3.05, 3.63) is 71.8 Å². The molecule has 2 fully saturated rings. The molecule has 2 N–H and O–H groups in total. The number of hydrogen-bond acceptors (Lipinski definition) is 6. The quantitative estimate of drug-likeness (QED) is 0.600. The first kappa shape index (κ1) is 23.0. The minimum Gasteiger partial charge on any atom is -0.481 e. The van der Waals surface area contributed by atoms with Gasteiger partial charge in [-0.05, 0) is 24.0 Å². The fraction of sp³-hybridized carbons (Fsp3) is 0.333. The largest absolute Gasteiger partial charge is 0.481 e. The highest BCUT2D eigenvalue weighted by molar-refractivity contribution is 5.86. The molecular weight excluding hydrogens is 416 g/mol. The normalized spacial score (nSPS) is 22.5. The van der Waals surface area contributed by atoms with Crippen LogP contribution in [0.1, 0.15) is 24.0 Å². The molecule has 0 aromatic heterocycles. The van der Waals surface area contributed by atoms with Gasteiger partial charge in [-0.1, -0.05) is 60.7 Å². The Morgan fingerprint density at radius 3 is 1.25 bits per heavy atom. The Balaban J connectivity index is 0.000000181. The molecule has 8 nitrogen and oxygen atoms in total. The van der Waals surface area contributed by atoms with E-state index in [-0.39, 0.29) is 13.2 Å². The first-order chi connectivity index (χ1) is 15.4. The summed E-state index contributed by atoms with van der Waals surface area (Å²) >= 11 is 0. The Labute approximate surface area is 184 Å². The highest BCUT2D eigenvalue weighted by Crippen LogP contribution is 2.40. The molecule has 4 atom stereocenters. The van der Waals surface area contributed by atoms with Crippen molar-refractivity contribution >= 4 is 23.9 Å². The lowest BCUT2D eigenvalue weighted by Crippen LogP contribution is -2.11. The van der Waals surface area contributed by atoms with E-state index in [9.17, 15) is 19.2 Å². The molecule has 0 radical (unpaired) electrons. The summed E-state index contributed by atoms with van der Waals surface area (Å²) in [6.45, 7) is 0.422. The number of hydrogen-bond donors (Lipinski definition) is 2. The average molecular weight is 440 g/mol. The van der Waals surface area contributed by atoms with Gasteiger partial charge in [-0.15, -0.1) is 0 Å². The summed E-state index contributed by atoms with van der Waals surface area (Å²) in [7, 11) is 0. The van der Waals surface area contributed by atoms with Crippen LogP contribution in [0.5, 0.6) is 0 Å². The number of benzene rings is 2. The van der Waals surface area contributed by atoms with Crippen molar-refractivity contribution in [1.82, 2.24) is 0 Å². The van der Waals surface area contributed by atoms with Gasteiger partial charge in [0.15, 0.2) is 0 Å². The van der Waals surface area contributed by atoms with E-state index in [0.717, 1.165) is 11.1 Å². The van der Waals surface area contributed by atoms with Crippen LogP contribution in [0.4, 0.5) is 0 Å². The van der Waals surface area contributed by atoms with E-state index in [0.29, 0.717) is 12.8 Å². The van der Waals surface area contributed by atoms with E-state index in [1.807, 2.05) is 60.7 Å². The topological polar surface area (TPSA) is 127 Å². The predicted octanol–water partition coefficient (Wildman–Crippen LogP) is 2.90. The second-order valence-electron chi connectivity index (χ2n) is 7.76. The predicted molar refractivity (Wildman–Crippen MR) is 111 cm³/mol. The van der Waals surface area contributed by atoms with Crippen LogP contribution in [0.25, 0.3) is 0 Å². The zero-order valence-corrected chi connectivity index (χ0v) is 17.3. The lowest BCUT2D eigenvalue weighted by molar-refractivity contribution is -0.150. The molecule has 8 heteroatoms. The first-order valence-corrected chi connectivity index (χ1v) is 10.2. The standard InChI is InChI=1S/2C12H12O4/c2*13-11(14)9-6-10(9)12(15)16-7-8-4-2-1-3-5-8/h2*1-5,9-10H,6-7H2,(H,13,14)/t2*9-,10-/m10/s1. The van der Waals surface area contributed by atoms with E-state index in [1.54, 1.807) is 0 Å². The monoisotopic (exact) mass is 440 g/mol. The Morgan fingerprint density at radius 2 is 0.969 bits per heavy atom. The first-order valence-electron chi connectivity index (χ1n) is 10.2. The molecule has 0 aliphatic heterocycles. The van der Waals surface area contributed by atoms with Gasteiger partial charge in [0.2, 0.25) is 0 Å². The van der Waals surface area contributed by atoms with Crippen molar-refractivity contribution in [3.63, 3.8) is 0 Å². The van der Waals surface area contributed by atoms with Crippen LogP contribution in [0.2, 0.25) is 0 Å². The van der Waals surface area contributed by atoms with Crippen LogP contribution in [-0.2, 0) is 41.9 Å². The zero-order valence-electron chi connectivity index (χ0n) is 17.3. The van der Waals surface area contributed by atoms with Crippen molar-refractivity contribution in [1.29, 1.82) is 0 Å². The van der Waals surface area contributed by atoms with E-state index in [1.165, 1.54) is 0 Å². The second kappa shape index (κ2) is 10.6. The molecule has 2 aliphatic rings. The van der Waals surface area contributed by atoms with Gasteiger partial charge in [0.05, 0.1) is 23.7 Å². The number of aliphatic carboxylic acids is 2. The van der Waals surface area contributed by atoms with E-state index < -0.39 is 47.5 Å². The molecule has 2 saturated carbocycles. The highest BCUT2D eigenvalue weighted by Gasteiger charge is 2.50. The molecule has 32 heavy (non-hydrogen) atoms. The van der Waals surface area contributed by atoms with Gasteiger partial charge >= 0.3 is 23.9 Å². The minimum absolute atomic E-state index is 0.211. The number of rotatable bonds is 8. The SMILES string of the molecule is O=C(O)[C@@H]1C[C@H]1C(=O)OCc1ccccc1.O=C(O)[C@H]1C[C@@H]1C(=O)OCc1ccccc1. The third-order valence-electron chi connectivity index (χ3n) is 5.27. The molecular formula is C24H24O8. The van der Waals surface area contributed by atoms with Gasteiger partial charge in [0, 0.05) is 0 Å². The minimum atomic E-state index is -0.915. The van der Waals surface area contributed by atoms with Crippen molar-refractivity contribution in [2.75, 3.05) is 0 Å². The van der Waals surface area contributed by atoms with Crippen LogP contribution >= 0.6 is 0 Å². The maximum Gasteiger partial charge on any atom is 0.310 e. The molecule has 4 rings (SSSR count). The van der Waals surface area contributed by atoms with Gasteiger partial charge in [-0.25, -0.2) is 0 Å². The zero-order chi connectivity index (χ0) is 23.1. The summed E-state index contributed by atoms with van der Waals surface area (Å²) in [6.07, 6.45) is 0.811. The molecule has 0 bridgehead atoms. The van der Waals surface area contributed by atoms with Gasteiger partial charge in [-0.2, -0.15) is 0 Å². The van der Waals surface area contributed by atoms with Crippen molar-refractivity contribution in [3.8, 4) is 0 Å². The molecule has 168 valence electrons. The summed E-state index contributed by atoms with van der Waals surface area (Å²) in [4.78, 5) is 43.9. The van der Waals surface area contributed by atoms with Crippen LogP contribution in [-0.4, -0.2) is 34.1 Å². The second-order valence-corrected chi connectivity index (χ2v) is 7.76. The lowest BCUT2D eigenvalue weighted by Gasteiger charge is -2.03. The maximum atomic E-state index is 11.4. The number of esters is 2. The highest BCUT2D eigenvalue weighted by atomic mass is 16.5. The Hall–Kier alpha value is -3.68. The van der Waals surface area contributed by atoms with Crippen molar-refractivity contribution < 1.29 is 38.9 Å². The molecule has 2 aromatic rings. The average Bonchev–Trinajstić information content (AvgIpc) is 3.70. The van der Waals surface area contributed by atoms with Crippen molar-refractivity contribution in [2.24, 2.45) is 23.7 Å². The van der Waals surface area contributed by atoms with Crippen LogP contribution in [0.15, 0.2) is 60.7 Å². The molecule has 2 aromatic carbocycles. The molecule has 2 aliphatic carbocycles. The van der Waals surface area contributed by atoms with Gasteiger partial charge in [-0.3, -0.25) is 19.2 Å². The fourth-order valence-electron chi connectivity index (χ4n) is 3.13.